The van der Waals surface area contributed by atoms with E-state index in [0.29, 0.717) is 30.4 Å². The summed E-state index contributed by atoms with van der Waals surface area (Å²) in [6.45, 7) is 1.24. The minimum Gasteiger partial charge on any atom is -0.381 e. The van der Waals surface area contributed by atoms with Crippen molar-refractivity contribution < 1.29 is 4.39 Å². The lowest BCUT2D eigenvalue weighted by Crippen LogP contribution is -2.16. The summed E-state index contributed by atoms with van der Waals surface area (Å²) in [5, 5.41) is 3.29. The molecule has 1 aromatic carbocycles. The van der Waals surface area contributed by atoms with Crippen LogP contribution in [0.5, 0.6) is 0 Å². The molecule has 0 amide bonds. The van der Waals surface area contributed by atoms with E-state index < -0.39 is 0 Å². The molecule has 1 heterocycles. The van der Waals surface area contributed by atoms with Crippen molar-refractivity contribution in [2.45, 2.75) is 31.6 Å². The topological polar surface area (TPSA) is 63.8 Å². The van der Waals surface area contributed by atoms with Crippen molar-refractivity contribution in [2.75, 3.05) is 18.4 Å². The van der Waals surface area contributed by atoms with E-state index >= 15 is 0 Å². The smallest absolute Gasteiger partial charge is 0.162 e. The van der Waals surface area contributed by atoms with Crippen LogP contribution in [0.2, 0.25) is 0 Å². The molecule has 1 aliphatic rings. The summed E-state index contributed by atoms with van der Waals surface area (Å²) >= 11 is 0. The standard InChI is InChI=1S/C17H21FN4/c18-14-8-4-3-7-13(14)17-21-11-15(20-10-9-19)16(22-17)12-5-1-2-6-12/h3-4,7-8,11-12,20H,1-2,5-6,9-10,19H2. The number of rotatable bonds is 5. The number of nitrogens with one attached hydrogen (secondary N) is 1. The number of hydrogen-bond donors (Lipinski definition) is 2. The molecule has 22 heavy (non-hydrogen) atoms. The number of nitrogens with two attached hydrogens (primary N) is 1. The van der Waals surface area contributed by atoms with Gasteiger partial charge in [-0.1, -0.05) is 25.0 Å². The fourth-order valence-corrected chi connectivity index (χ4v) is 3.02. The lowest BCUT2D eigenvalue weighted by Gasteiger charge is -2.16. The zero-order valence-corrected chi connectivity index (χ0v) is 12.6. The van der Waals surface area contributed by atoms with Gasteiger partial charge in [0, 0.05) is 19.0 Å². The highest BCUT2D eigenvalue weighted by molar-refractivity contribution is 5.59. The van der Waals surface area contributed by atoms with Crippen molar-refractivity contribution in [1.29, 1.82) is 0 Å². The highest BCUT2D eigenvalue weighted by Crippen LogP contribution is 2.37. The average molecular weight is 300 g/mol. The number of anilines is 1. The fourth-order valence-electron chi connectivity index (χ4n) is 3.02. The Bertz CT molecular complexity index is 638. The van der Waals surface area contributed by atoms with Gasteiger partial charge in [0.1, 0.15) is 5.82 Å². The van der Waals surface area contributed by atoms with Gasteiger partial charge in [-0.3, -0.25) is 0 Å². The fraction of sp³-hybridized carbons (Fsp3) is 0.412. The molecule has 1 fully saturated rings. The normalized spacial score (nSPS) is 15.2. The molecule has 0 bridgehead atoms. The van der Waals surface area contributed by atoms with Gasteiger partial charge in [0.2, 0.25) is 0 Å². The number of benzene rings is 1. The van der Waals surface area contributed by atoms with Gasteiger partial charge in [-0.25, -0.2) is 14.4 Å². The number of nitrogens with zero attached hydrogens (tertiary/aromatic N) is 2. The highest BCUT2D eigenvalue weighted by Gasteiger charge is 2.23. The van der Waals surface area contributed by atoms with E-state index in [1.54, 1.807) is 24.4 Å². The van der Waals surface area contributed by atoms with Crippen molar-refractivity contribution in [3.05, 3.63) is 42.0 Å². The zero-order chi connectivity index (χ0) is 15.4. The van der Waals surface area contributed by atoms with Gasteiger partial charge in [-0.2, -0.15) is 0 Å². The zero-order valence-electron chi connectivity index (χ0n) is 12.6. The lowest BCUT2D eigenvalue weighted by atomic mass is 10.0. The molecule has 1 saturated carbocycles. The van der Waals surface area contributed by atoms with E-state index in [1.807, 2.05) is 0 Å². The minimum atomic E-state index is -0.289. The van der Waals surface area contributed by atoms with Crippen LogP contribution in [0.25, 0.3) is 11.4 Å². The maximum absolute atomic E-state index is 14.0. The Hall–Kier alpha value is -2.01. The Labute approximate surface area is 130 Å². The van der Waals surface area contributed by atoms with Crippen LogP contribution in [0.1, 0.15) is 37.3 Å². The van der Waals surface area contributed by atoms with Crippen LogP contribution in [0, 0.1) is 5.82 Å². The van der Waals surface area contributed by atoms with Crippen molar-refractivity contribution in [3.63, 3.8) is 0 Å². The third-order valence-electron chi connectivity index (χ3n) is 4.13. The van der Waals surface area contributed by atoms with Gasteiger partial charge in [-0.05, 0) is 25.0 Å². The quantitative estimate of drug-likeness (QED) is 0.889. The van der Waals surface area contributed by atoms with Gasteiger partial charge in [0.15, 0.2) is 5.82 Å². The van der Waals surface area contributed by atoms with Crippen molar-refractivity contribution in [3.8, 4) is 11.4 Å². The van der Waals surface area contributed by atoms with Crippen molar-refractivity contribution >= 4 is 5.69 Å². The van der Waals surface area contributed by atoms with Gasteiger partial charge in [0.05, 0.1) is 23.1 Å². The van der Waals surface area contributed by atoms with Gasteiger partial charge >= 0.3 is 0 Å². The lowest BCUT2D eigenvalue weighted by molar-refractivity contribution is 0.629. The predicted octanol–water partition coefficient (Wildman–Crippen LogP) is 3.31. The van der Waals surface area contributed by atoms with Crippen LogP contribution in [0.15, 0.2) is 30.5 Å². The van der Waals surface area contributed by atoms with Crippen molar-refractivity contribution in [1.82, 2.24) is 9.97 Å². The molecule has 116 valence electrons. The van der Waals surface area contributed by atoms with Crippen LogP contribution in [0.3, 0.4) is 0 Å². The molecule has 0 radical (unpaired) electrons. The second-order valence-electron chi connectivity index (χ2n) is 5.67. The van der Waals surface area contributed by atoms with E-state index in [4.69, 9.17) is 5.73 Å². The van der Waals surface area contributed by atoms with Crippen LogP contribution in [-0.4, -0.2) is 23.1 Å². The summed E-state index contributed by atoms with van der Waals surface area (Å²) in [5.41, 5.74) is 7.95. The minimum absolute atomic E-state index is 0.289. The van der Waals surface area contributed by atoms with Gasteiger partial charge < -0.3 is 11.1 Å². The van der Waals surface area contributed by atoms with E-state index in [9.17, 15) is 4.39 Å². The van der Waals surface area contributed by atoms with Gasteiger partial charge in [0.25, 0.3) is 0 Å². The number of halogens is 1. The summed E-state index contributed by atoms with van der Waals surface area (Å²) in [6, 6.07) is 6.64. The molecule has 3 rings (SSSR count). The Morgan fingerprint density at radius 2 is 2.00 bits per heavy atom. The molecule has 1 aromatic heterocycles. The molecule has 5 heteroatoms. The maximum atomic E-state index is 14.0. The summed E-state index contributed by atoms with van der Waals surface area (Å²) in [4.78, 5) is 9.02. The monoisotopic (exact) mass is 300 g/mol. The molecule has 2 aromatic rings. The molecule has 0 saturated heterocycles. The van der Waals surface area contributed by atoms with E-state index in [-0.39, 0.29) is 5.82 Å². The second kappa shape index (κ2) is 6.83. The largest absolute Gasteiger partial charge is 0.381 e. The molecule has 0 spiro atoms. The Balaban J connectivity index is 1.99. The Kier molecular flexibility index (Phi) is 4.63. The average Bonchev–Trinajstić information content (AvgIpc) is 3.08. The molecular formula is C17H21FN4. The molecule has 0 unspecified atom stereocenters. The third-order valence-corrected chi connectivity index (χ3v) is 4.13. The first-order chi connectivity index (χ1) is 10.8. The van der Waals surface area contributed by atoms with Gasteiger partial charge in [-0.15, -0.1) is 0 Å². The first-order valence-corrected chi connectivity index (χ1v) is 7.85. The SMILES string of the molecule is NCCNc1cnc(-c2ccccc2F)nc1C1CCCC1. The number of aromatic nitrogens is 2. The summed E-state index contributed by atoms with van der Waals surface area (Å²) in [6.07, 6.45) is 6.47. The summed E-state index contributed by atoms with van der Waals surface area (Å²) < 4.78 is 14.0. The molecule has 0 atom stereocenters. The maximum Gasteiger partial charge on any atom is 0.162 e. The Morgan fingerprint density at radius 1 is 1.23 bits per heavy atom. The summed E-state index contributed by atoms with van der Waals surface area (Å²) in [5.74, 6) is 0.592. The molecule has 1 aliphatic carbocycles. The summed E-state index contributed by atoms with van der Waals surface area (Å²) in [7, 11) is 0. The second-order valence-corrected chi connectivity index (χ2v) is 5.67. The van der Waals surface area contributed by atoms with Crippen LogP contribution < -0.4 is 11.1 Å². The molecular weight excluding hydrogens is 279 g/mol. The first-order valence-electron chi connectivity index (χ1n) is 7.85. The van der Waals surface area contributed by atoms with E-state index in [1.165, 1.54) is 18.9 Å². The first kappa shape index (κ1) is 14.9. The molecule has 4 nitrogen and oxygen atoms in total. The van der Waals surface area contributed by atoms with Crippen molar-refractivity contribution in [2.24, 2.45) is 5.73 Å². The third kappa shape index (κ3) is 3.09. The predicted molar refractivity (Wildman–Crippen MR) is 86.2 cm³/mol. The number of hydrogen-bond acceptors (Lipinski definition) is 4. The highest BCUT2D eigenvalue weighted by atomic mass is 19.1. The molecule has 0 aliphatic heterocycles. The molecule has 3 N–H and O–H groups in total. The Morgan fingerprint density at radius 3 is 2.73 bits per heavy atom. The van der Waals surface area contributed by atoms with Crippen LogP contribution >= 0.6 is 0 Å². The van der Waals surface area contributed by atoms with Crippen LogP contribution in [0.4, 0.5) is 10.1 Å². The van der Waals surface area contributed by atoms with E-state index in [0.717, 1.165) is 24.2 Å². The van der Waals surface area contributed by atoms with E-state index in [2.05, 4.69) is 15.3 Å². The van der Waals surface area contributed by atoms with Crippen LogP contribution in [-0.2, 0) is 0 Å².